The van der Waals surface area contributed by atoms with Gasteiger partial charge < -0.3 is 10.8 Å². The Kier molecular flexibility index (Phi) is 2.80. The highest BCUT2D eigenvalue weighted by Crippen LogP contribution is 2.64. The fourth-order valence-electron chi connectivity index (χ4n) is 6.64. The van der Waals surface area contributed by atoms with Gasteiger partial charge in [0.2, 0.25) is 0 Å². The second kappa shape index (κ2) is 4.21. The van der Waals surface area contributed by atoms with Gasteiger partial charge in [0.15, 0.2) is 0 Å². The fourth-order valence-corrected chi connectivity index (χ4v) is 6.64. The maximum Gasteiger partial charge on any atom is 0.0611 e. The SMILES string of the molecule is NC1(CO)CCC(C23CC4CC(CC(C4)C2)C3)CC1. The predicted molar refractivity (Wildman–Crippen MR) is 76.6 cm³/mol. The molecule has 0 amide bonds. The van der Waals surface area contributed by atoms with Crippen LogP contribution < -0.4 is 5.73 Å². The summed E-state index contributed by atoms with van der Waals surface area (Å²) in [6, 6.07) is 0. The summed E-state index contributed by atoms with van der Waals surface area (Å²) in [5.41, 5.74) is 6.71. The molecule has 19 heavy (non-hydrogen) atoms. The van der Waals surface area contributed by atoms with Crippen molar-refractivity contribution in [3.8, 4) is 0 Å². The summed E-state index contributed by atoms with van der Waals surface area (Å²) in [5, 5.41) is 9.45. The maximum atomic E-state index is 9.45. The number of hydrogen-bond acceptors (Lipinski definition) is 2. The third-order valence-electron chi connectivity index (χ3n) is 7.25. The first-order valence-electron chi connectivity index (χ1n) is 8.51. The lowest BCUT2D eigenvalue weighted by Crippen LogP contribution is -2.53. The Morgan fingerprint density at radius 3 is 1.79 bits per heavy atom. The molecular weight excluding hydrogens is 234 g/mol. The van der Waals surface area contributed by atoms with Crippen molar-refractivity contribution in [1.82, 2.24) is 0 Å². The average molecular weight is 263 g/mol. The van der Waals surface area contributed by atoms with Gasteiger partial charge in [0.1, 0.15) is 0 Å². The predicted octanol–water partition coefficient (Wildman–Crippen LogP) is 3.08. The summed E-state index contributed by atoms with van der Waals surface area (Å²) in [5.74, 6) is 4.11. The molecule has 0 aromatic rings. The van der Waals surface area contributed by atoms with Gasteiger partial charge in [0.05, 0.1) is 6.61 Å². The summed E-state index contributed by atoms with van der Waals surface area (Å²) >= 11 is 0. The summed E-state index contributed by atoms with van der Waals surface area (Å²) < 4.78 is 0. The lowest BCUT2D eigenvalue weighted by Gasteiger charge is -2.61. The van der Waals surface area contributed by atoms with Gasteiger partial charge in [-0.1, -0.05) is 0 Å². The smallest absolute Gasteiger partial charge is 0.0611 e. The quantitative estimate of drug-likeness (QED) is 0.804. The third-order valence-corrected chi connectivity index (χ3v) is 7.25. The van der Waals surface area contributed by atoms with Gasteiger partial charge in [0, 0.05) is 5.54 Å². The van der Waals surface area contributed by atoms with Crippen LogP contribution in [0.3, 0.4) is 0 Å². The molecule has 108 valence electrons. The summed E-state index contributed by atoms with van der Waals surface area (Å²) in [4.78, 5) is 0. The van der Waals surface area contributed by atoms with Crippen molar-refractivity contribution in [2.75, 3.05) is 6.61 Å². The van der Waals surface area contributed by atoms with E-state index in [0.29, 0.717) is 5.41 Å². The van der Waals surface area contributed by atoms with Crippen LogP contribution in [-0.4, -0.2) is 17.3 Å². The van der Waals surface area contributed by atoms with E-state index < -0.39 is 0 Å². The van der Waals surface area contributed by atoms with E-state index in [0.717, 1.165) is 36.5 Å². The van der Waals surface area contributed by atoms with Gasteiger partial charge in [-0.15, -0.1) is 0 Å². The molecule has 5 saturated carbocycles. The second-order valence-corrected chi connectivity index (χ2v) is 8.57. The zero-order chi connectivity index (χ0) is 13.1. The molecule has 0 heterocycles. The van der Waals surface area contributed by atoms with E-state index in [4.69, 9.17) is 5.73 Å². The van der Waals surface area contributed by atoms with E-state index >= 15 is 0 Å². The molecule has 2 heteroatoms. The van der Waals surface area contributed by atoms with E-state index in [1.54, 1.807) is 19.3 Å². The lowest BCUT2D eigenvalue weighted by molar-refractivity contribution is -0.0999. The summed E-state index contributed by atoms with van der Waals surface area (Å²) in [6.07, 6.45) is 13.9. The van der Waals surface area contributed by atoms with E-state index in [9.17, 15) is 5.11 Å². The van der Waals surface area contributed by atoms with Crippen molar-refractivity contribution in [2.45, 2.75) is 69.7 Å². The van der Waals surface area contributed by atoms with Crippen LogP contribution >= 0.6 is 0 Å². The maximum absolute atomic E-state index is 9.45. The van der Waals surface area contributed by atoms with Gasteiger partial charge >= 0.3 is 0 Å². The zero-order valence-corrected chi connectivity index (χ0v) is 12.1. The minimum atomic E-state index is -0.251. The normalized spacial score (nSPS) is 56.5. The first-order chi connectivity index (χ1) is 9.11. The molecule has 3 N–H and O–H groups in total. The van der Waals surface area contributed by atoms with Crippen LogP contribution in [0.2, 0.25) is 0 Å². The Bertz CT molecular complexity index is 321. The zero-order valence-electron chi connectivity index (χ0n) is 12.1. The molecular formula is C17H29NO. The molecule has 5 rings (SSSR count). The summed E-state index contributed by atoms with van der Waals surface area (Å²) in [6.45, 7) is 0.181. The summed E-state index contributed by atoms with van der Waals surface area (Å²) in [7, 11) is 0. The van der Waals surface area contributed by atoms with E-state index in [1.165, 1.54) is 32.1 Å². The molecule has 5 fully saturated rings. The lowest BCUT2D eigenvalue weighted by atomic mass is 9.45. The van der Waals surface area contributed by atoms with Crippen molar-refractivity contribution in [2.24, 2.45) is 34.8 Å². The van der Waals surface area contributed by atoms with Crippen LogP contribution in [0.15, 0.2) is 0 Å². The second-order valence-electron chi connectivity index (χ2n) is 8.57. The molecule has 4 bridgehead atoms. The van der Waals surface area contributed by atoms with E-state index in [-0.39, 0.29) is 12.1 Å². The van der Waals surface area contributed by atoms with E-state index in [1.807, 2.05) is 0 Å². The third kappa shape index (κ3) is 1.98. The standard InChI is InChI=1S/C17H29NO/c18-17(11-19)3-1-15(2-4-17)16-8-12-5-13(9-16)7-14(6-12)10-16/h12-15,19H,1-11,18H2. The highest BCUT2D eigenvalue weighted by Gasteiger charge is 2.54. The highest BCUT2D eigenvalue weighted by molar-refractivity contribution is 5.06. The molecule has 0 aromatic heterocycles. The van der Waals surface area contributed by atoms with Crippen LogP contribution in [0.4, 0.5) is 0 Å². The molecule has 5 aliphatic rings. The van der Waals surface area contributed by atoms with Gasteiger partial charge in [-0.3, -0.25) is 0 Å². The van der Waals surface area contributed by atoms with Crippen LogP contribution in [0.1, 0.15) is 64.2 Å². The number of aliphatic hydroxyl groups excluding tert-OH is 1. The van der Waals surface area contributed by atoms with Crippen LogP contribution in [0.5, 0.6) is 0 Å². The van der Waals surface area contributed by atoms with Crippen molar-refractivity contribution < 1.29 is 5.11 Å². The highest BCUT2D eigenvalue weighted by atomic mass is 16.3. The molecule has 0 aromatic carbocycles. The van der Waals surface area contributed by atoms with Crippen molar-refractivity contribution in [3.63, 3.8) is 0 Å². The molecule has 0 saturated heterocycles. The van der Waals surface area contributed by atoms with Crippen molar-refractivity contribution in [3.05, 3.63) is 0 Å². The van der Waals surface area contributed by atoms with Crippen molar-refractivity contribution in [1.29, 1.82) is 0 Å². The Hall–Kier alpha value is -0.0800. The Morgan fingerprint density at radius 1 is 0.895 bits per heavy atom. The molecule has 2 nitrogen and oxygen atoms in total. The van der Waals surface area contributed by atoms with Gasteiger partial charge in [0.25, 0.3) is 0 Å². The van der Waals surface area contributed by atoms with Gasteiger partial charge in [-0.25, -0.2) is 0 Å². The van der Waals surface area contributed by atoms with Crippen LogP contribution in [0, 0.1) is 29.1 Å². The van der Waals surface area contributed by atoms with E-state index in [2.05, 4.69) is 0 Å². The van der Waals surface area contributed by atoms with Gasteiger partial charge in [-0.2, -0.15) is 0 Å². The minimum Gasteiger partial charge on any atom is -0.394 e. The molecule has 5 aliphatic carbocycles. The Labute approximate surface area is 117 Å². The molecule has 0 atom stereocenters. The Morgan fingerprint density at radius 2 is 1.37 bits per heavy atom. The van der Waals surface area contributed by atoms with Crippen molar-refractivity contribution >= 4 is 0 Å². The fraction of sp³-hybridized carbons (Fsp3) is 1.00. The molecule has 0 aliphatic heterocycles. The van der Waals surface area contributed by atoms with Crippen LogP contribution in [0.25, 0.3) is 0 Å². The first kappa shape index (κ1) is 12.6. The number of nitrogens with two attached hydrogens (primary N) is 1. The topological polar surface area (TPSA) is 46.2 Å². The first-order valence-corrected chi connectivity index (χ1v) is 8.51. The average Bonchev–Trinajstić information content (AvgIpc) is 2.38. The monoisotopic (exact) mass is 263 g/mol. The minimum absolute atomic E-state index is 0.181. The van der Waals surface area contributed by atoms with Crippen LogP contribution in [-0.2, 0) is 0 Å². The number of rotatable bonds is 2. The molecule has 0 unspecified atom stereocenters. The number of hydrogen-bond donors (Lipinski definition) is 2. The molecule has 0 radical (unpaired) electrons. The largest absolute Gasteiger partial charge is 0.394 e. The molecule has 0 spiro atoms. The Balaban J connectivity index is 1.51. The number of aliphatic hydroxyl groups is 1. The van der Waals surface area contributed by atoms with Gasteiger partial charge in [-0.05, 0) is 93.3 Å².